The van der Waals surface area contributed by atoms with Gasteiger partial charge in [0, 0.05) is 51.0 Å². The largest absolute Gasteiger partial charge is 0.382 e. The van der Waals surface area contributed by atoms with Gasteiger partial charge in [-0.2, -0.15) is 0 Å². The van der Waals surface area contributed by atoms with E-state index in [0.717, 1.165) is 11.3 Å². The Balaban J connectivity index is 2.52. The van der Waals surface area contributed by atoms with Gasteiger partial charge in [-0.05, 0) is 6.07 Å². The minimum Gasteiger partial charge on any atom is -0.382 e. The van der Waals surface area contributed by atoms with Crippen molar-refractivity contribution in [1.29, 1.82) is 0 Å². The van der Waals surface area contributed by atoms with E-state index in [1.54, 1.807) is 26.6 Å². The van der Waals surface area contributed by atoms with Gasteiger partial charge in [-0.3, -0.25) is 4.98 Å². The number of aromatic nitrogens is 1. The van der Waals surface area contributed by atoms with Crippen LogP contribution in [-0.2, 0) is 16.0 Å². The lowest BCUT2D eigenvalue weighted by Gasteiger charge is -2.17. The normalized spacial score (nSPS) is 12.4. The number of anilines is 1. The van der Waals surface area contributed by atoms with E-state index >= 15 is 0 Å². The molecular formula is C11H19N3O2. The van der Waals surface area contributed by atoms with E-state index in [0.29, 0.717) is 19.7 Å². The van der Waals surface area contributed by atoms with Crippen molar-refractivity contribution in [3.05, 3.63) is 24.0 Å². The molecule has 0 aliphatic rings. The van der Waals surface area contributed by atoms with E-state index in [-0.39, 0.29) is 6.10 Å². The maximum Gasteiger partial charge on any atom is 0.0976 e. The molecule has 0 fully saturated rings. The smallest absolute Gasteiger partial charge is 0.0976 e. The first-order chi connectivity index (χ1) is 7.81. The topological polar surface area (TPSA) is 69.4 Å². The Bertz CT molecular complexity index is 307. The van der Waals surface area contributed by atoms with Gasteiger partial charge in [0.25, 0.3) is 0 Å². The molecule has 0 aliphatic heterocycles. The van der Waals surface area contributed by atoms with Gasteiger partial charge in [-0.1, -0.05) is 0 Å². The lowest BCUT2D eigenvalue weighted by molar-refractivity contribution is 0.0365. The van der Waals surface area contributed by atoms with Crippen molar-refractivity contribution < 1.29 is 9.47 Å². The molecule has 90 valence electrons. The Hall–Kier alpha value is -1.17. The van der Waals surface area contributed by atoms with Gasteiger partial charge in [0.05, 0.1) is 12.7 Å². The molecule has 1 heterocycles. The van der Waals surface area contributed by atoms with Crippen molar-refractivity contribution in [2.24, 2.45) is 5.73 Å². The summed E-state index contributed by atoms with van der Waals surface area (Å²) in [5.41, 5.74) is 7.60. The van der Waals surface area contributed by atoms with Crippen LogP contribution in [0.15, 0.2) is 18.5 Å². The number of rotatable bonds is 7. The standard InChI is InChI=1S/C11H19N3O2/c1-15-8-10(16-2)7-14-11-3-4-13-6-9(11)5-12/h3-4,6,10H,5,7-8,12H2,1-2H3,(H,13,14). The molecule has 1 aromatic heterocycles. The summed E-state index contributed by atoms with van der Waals surface area (Å²) in [5.74, 6) is 0. The van der Waals surface area contributed by atoms with Gasteiger partial charge in [0.1, 0.15) is 0 Å². The predicted molar refractivity (Wildman–Crippen MR) is 63.3 cm³/mol. The van der Waals surface area contributed by atoms with Gasteiger partial charge in [-0.15, -0.1) is 0 Å². The number of methoxy groups -OCH3 is 2. The zero-order valence-electron chi connectivity index (χ0n) is 9.77. The van der Waals surface area contributed by atoms with E-state index in [1.165, 1.54) is 0 Å². The summed E-state index contributed by atoms with van der Waals surface area (Å²) in [6.07, 6.45) is 3.53. The summed E-state index contributed by atoms with van der Waals surface area (Å²) < 4.78 is 10.3. The van der Waals surface area contributed by atoms with Crippen LogP contribution in [-0.4, -0.2) is 38.5 Å². The van der Waals surface area contributed by atoms with Crippen molar-refractivity contribution in [1.82, 2.24) is 4.98 Å². The minimum absolute atomic E-state index is 0.0313. The molecule has 5 nitrogen and oxygen atoms in total. The summed E-state index contributed by atoms with van der Waals surface area (Å²) in [6.45, 7) is 1.71. The lowest BCUT2D eigenvalue weighted by Crippen LogP contribution is -2.27. The van der Waals surface area contributed by atoms with Crippen LogP contribution in [0.2, 0.25) is 0 Å². The van der Waals surface area contributed by atoms with Crippen LogP contribution < -0.4 is 11.1 Å². The van der Waals surface area contributed by atoms with Crippen LogP contribution in [0.3, 0.4) is 0 Å². The third-order valence-electron chi connectivity index (χ3n) is 2.33. The molecule has 0 aliphatic carbocycles. The molecule has 0 saturated heterocycles. The first kappa shape index (κ1) is 12.9. The quantitative estimate of drug-likeness (QED) is 0.711. The van der Waals surface area contributed by atoms with Crippen molar-refractivity contribution in [2.45, 2.75) is 12.6 Å². The molecule has 0 radical (unpaired) electrons. The molecule has 1 aromatic rings. The van der Waals surface area contributed by atoms with E-state index in [1.807, 2.05) is 6.07 Å². The Labute approximate surface area is 96.0 Å². The first-order valence-electron chi connectivity index (χ1n) is 5.20. The van der Waals surface area contributed by atoms with Crippen LogP contribution in [0.25, 0.3) is 0 Å². The van der Waals surface area contributed by atoms with Crippen LogP contribution in [0, 0.1) is 0 Å². The van der Waals surface area contributed by atoms with E-state index in [4.69, 9.17) is 15.2 Å². The second-order valence-corrected chi connectivity index (χ2v) is 3.43. The number of nitrogens with zero attached hydrogens (tertiary/aromatic N) is 1. The van der Waals surface area contributed by atoms with Gasteiger partial charge < -0.3 is 20.5 Å². The molecule has 5 heteroatoms. The summed E-state index contributed by atoms with van der Waals surface area (Å²) in [7, 11) is 3.32. The molecule has 3 N–H and O–H groups in total. The molecule has 1 rings (SSSR count). The summed E-state index contributed by atoms with van der Waals surface area (Å²) >= 11 is 0. The van der Waals surface area contributed by atoms with Crippen molar-refractivity contribution in [3.8, 4) is 0 Å². The molecule has 0 spiro atoms. The SMILES string of the molecule is COCC(CNc1ccncc1CN)OC. The van der Waals surface area contributed by atoms with Crippen LogP contribution in [0.5, 0.6) is 0 Å². The molecule has 1 unspecified atom stereocenters. The van der Waals surface area contributed by atoms with E-state index in [9.17, 15) is 0 Å². The highest BCUT2D eigenvalue weighted by Crippen LogP contribution is 2.12. The highest BCUT2D eigenvalue weighted by atomic mass is 16.5. The maximum atomic E-state index is 5.61. The minimum atomic E-state index is 0.0313. The number of ether oxygens (including phenoxy) is 2. The first-order valence-corrected chi connectivity index (χ1v) is 5.20. The molecule has 0 bridgehead atoms. The molecule has 0 aromatic carbocycles. The second kappa shape index (κ2) is 7.16. The Morgan fingerprint density at radius 1 is 1.50 bits per heavy atom. The molecule has 1 atom stereocenters. The maximum absolute atomic E-state index is 5.61. The summed E-state index contributed by atoms with van der Waals surface area (Å²) in [5, 5.41) is 3.28. The predicted octanol–water partition coefficient (Wildman–Crippen LogP) is 0.614. The van der Waals surface area contributed by atoms with E-state index < -0.39 is 0 Å². The fourth-order valence-corrected chi connectivity index (χ4v) is 1.38. The lowest BCUT2D eigenvalue weighted by atomic mass is 10.2. The van der Waals surface area contributed by atoms with Crippen LogP contribution >= 0.6 is 0 Å². The number of pyridine rings is 1. The summed E-state index contributed by atoms with van der Waals surface area (Å²) in [6, 6.07) is 1.90. The summed E-state index contributed by atoms with van der Waals surface area (Å²) in [4.78, 5) is 4.02. The fourth-order valence-electron chi connectivity index (χ4n) is 1.38. The number of nitrogens with two attached hydrogens (primary N) is 1. The zero-order chi connectivity index (χ0) is 11.8. The van der Waals surface area contributed by atoms with Gasteiger partial charge in [0.15, 0.2) is 0 Å². The third kappa shape index (κ3) is 3.77. The average Bonchev–Trinajstić information content (AvgIpc) is 2.34. The van der Waals surface area contributed by atoms with Gasteiger partial charge >= 0.3 is 0 Å². The second-order valence-electron chi connectivity index (χ2n) is 3.43. The molecule has 0 saturated carbocycles. The highest BCUT2D eigenvalue weighted by Gasteiger charge is 2.07. The molecule has 16 heavy (non-hydrogen) atoms. The average molecular weight is 225 g/mol. The van der Waals surface area contributed by atoms with Crippen molar-refractivity contribution >= 4 is 5.69 Å². The zero-order valence-corrected chi connectivity index (χ0v) is 9.77. The number of hydrogen-bond donors (Lipinski definition) is 2. The monoisotopic (exact) mass is 225 g/mol. The number of nitrogens with one attached hydrogen (secondary N) is 1. The molecular weight excluding hydrogens is 206 g/mol. The van der Waals surface area contributed by atoms with Crippen molar-refractivity contribution in [2.75, 3.05) is 32.7 Å². The Morgan fingerprint density at radius 3 is 2.94 bits per heavy atom. The highest BCUT2D eigenvalue weighted by molar-refractivity contribution is 5.49. The van der Waals surface area contributed by atoms with Crippen LogP contribution in [0.4, 0.5) is 5.69 Å². The number of hydrogen-bond acceptors (Lipinski definition) is 5. The Kier molecular flexibility index (Phi) is 5.77. The van der Waals surface area contributed by atoms with Gasteiger partial charge in [0.2, 0.25) is 0 Å². The van der Waals surface area contributed by atoms with E-state index in [2.05, 4.69) is 10.3 Å². The Morgan fingerprint density at radius 2 is 2.31 bits per heavy atom. The molecule has 0 amide bonds. The third-order valence-corrected chi connectivity index (χ3v) is 2.33. The van der Waals surface area contributed by atoms with Crippen molar-refractivity contribution in [3.63, 3.8) is 0 Å². The van der Waals surface area contributed by atoms with Crippen LogP contribution in [0.1, 0.15) is 5.56 Å². The van der Waals surface area contributed by atoms with Gasteiger partial charge in [-0.25, -0.2) is 0 Å². The fraction of sp³-hybridized carbons (Fsp3) is 0.545.